The second-order valence-corrected chi connectivity index (χ2v) is 2.82. The van der Waals surface area contributed by atoms with Crippen molar-refractivity contribution in [1.82, 2.24) is 9.78 Å². The molecule has 3 N–H and O–H groups in total. The lowest BCUT2D eigenvalue weighted by molar-refractivity contribution is -0.114. The van der Waals surface area contributed by atoms with Gasteiger partial charge < -0.3 is 11.1 Å². The summed E-state index contributed by atoms with van der Waals surface area (Å²) in [7, 11) is 0. The zero-order valence-corrected chi connectivity index (χ0v) is 7.66. The molecule has 0 aliphatic rings. The molecule has 0 aliphatic carbocycles. The summed E-state index contributed by atoms with van der Waals surface area (Å²) in [6.07, 6.45) is 4.30. The smallest absolute Gasteiger partial charge is 0.221 e. The van der Waals surface area contributed by atoms with Gasteiger partial charge >= 0.3 is 0 Å². The van der Waals surface area contributed by atoms with Crippen molar-refractivity contribution in [3.05, 3.63) is 12.4 Å². The zero-order chi connectivity index (χ0) is 9.68. The molecule has 0 radical (unpaired) electrons. The van der Waals surface area contributed by atoms with Crippen molar-refractivity contribution in [3.8, 4) is 0 Å². The van der Waals surface area contributed by atoms with Crippen molar-refractivity contribution < 1.29 is 4.79 Å². The molecule has 0 bridgehead atoms. The molecule has 0 fully saturated rings. The number of nitrogens with one attached hydrogen (secondary N) is 1. The van der Waals surface area contributed by atoms with Crippen LogP contribution >= 0.6 is 0 Å². The number of rotatable bonds is 4. The van der Waals surface area contributed by atoms with E-state index < -0.39 is 0 Å². The van der Waals surface area contributed by atoms with Crippen molar-refractivity contribution in [3.63, 3.8) is 0 Å². The summed E-state index contributed by atoms with van der Waals surface area (Å²) in [5.41, 5.74) is 6.08. The minimum absolute atomic E-state index is 0.0848. The van der Waals surface area contributed by atoms with Crippen LogP contribution in [-0.4, -0.2) is 22.2 Å². The maximum atomic E-state index is 10.7. The van der Waals surface area contributed by atoms with E-state index in [1.54, 1.807) is 17.1 Å². The lowest BCUT2D eigenvalue weighted by Gasteiger charge is -1.97. The van der Waals surface area contributed by atoms with Gasteiger partial charge in [-0.05, 0) is 13.0 Å². The molecule has 5 nitrogen and oxygen atoms in total. The highest BCUT2D eigenvalue weighted by atomic mass is 16.1. The summed E-state index contributed by atoms with van der Waals surface area (Å²) >= 11 is 0. The second-order valence-electron chi connectivity index (χ2n) is 2.82. The predicted octanol–water partition coefficient (Wildman–Crippen LogP) is 0.190. The van der Waals surface area contributed by atoms with Gasteiger partial charge in [-0.25, -0.2) is 0 Å². The van der Waals surface area contributed by atoms with E-state index >= 15 is 0 Å². The number of carbonyl (C=O) groups excluding carboxylic acids is 1. The van der Waals surface area contributed by atoms with E-state index in [0.717, 1.165) is 18.7 Å². The SMILES string of the molecule is CC(=O)Nc1cnn(CCCN)c1. The van der Waals surface area contributed by atoms with E-state index in [-0.39, 0.29) is 5.91 Å². The number of aromatic nitrogens is 2. The number of hydrogen-bond donors (Lipinski definition) is 2. The Balaban J connectivity index is 2.48. The number of anilines is 1. The molecule has 13 heavy (non-hydrogen) atoms. The number of hydrogen-bond acceptors (Lipinski definition) is 3. The monoisotopic (exact) mass is 182 g/mol. The van der Waals surface area contributed by atoms with Crippen LogP contribution in [0.1, 0.15) is 13.3 Å². The van der Waals surface area contributed by atoms with Gasteiger partial charge in [0, 0.05) is 19.7 Å². The van der Waals surface area contributed by atoms with Crippen LogP contribution in [0.2, 0.25) is 0 Å². The van der Waals surface area contributed by atoms with Crippen molar-refractivity contribution in [2.24, 2.45) is 5.73 Å². The lowest BCUT2D eigenvalue weighted by Crippen LogP contribution is -2.06. The quantitative estimate of drug-likeness (QED) is 0.698. The fourth-order valence-electron chi connectivity index (χ4n) is 1.01. The minimum atomic E-state index is -0.0848. The van der Waals surface area contributed by atoms with Gasteiger partial charge in [0.2, 0.25) is 5.91 Å². The standard InChI is InChI=1S/C8H14N4O/c1-7(13)11-8-5-10-12(6-8)4-2-3-9/h5-6H,2-4,9H2,1H3,(H,11,13). The molecular weight excluding hydrogens is 168 g/mol. The first kappa shape index (κ1) is 9.73. The third kappa shape index (κ3) is 3.25. The maximum absolute atomic E-state index is 10.7. The average Bonchev–Trinajstić information content (AvgIpc) is 2.48. The molecule has 0 aromatic carbocycles. The van der Waals surface area contributed by atoms with Gasteiger partial charge in [-0.2, -0.15) is 5.10 Å². The van der Waals surface area contributed by atoms with Crippen LogP contribution in [0.25, 0.3) is 0 Å². The number of aryl methyl sites for hydroxylation is 1. The predicted molar refractivity (Wildman–Crippen MR) is 50.2 cm³/mol. The van der Waals surface area contributed by atoms with E-state index in [9.17, 15) is 4.79 Å². The summed E-state index contributed by atoms with van der Waals surface area (Å²) in [6, 6.07) is 0. The van der Waals surface area contributed by atoms with Crippen LogP contribution in [0.5, 0.6) is 0 Å². The van der Waals surface area contributed by atoms with Gasteiger partial charge in [-0.15, -0.1) is 0 Å². The van der Waals surface area contributed by atoms with Gasteiger partial charge in [0.15, 0.2) is 0 Å². The fourth-order valence-corrected chi connectivity index (χ4v) is 1.01. The Bertz CT molecular complexity index is 281. The molecule has 1 aromatic heterocycles. The average molecular weight is 182 g/mol. The van der Waals surface area contributed by atoms with Gasteiger partial charge in [0.25, 0.3) is 0 Å². The number of nitrogens with zero attached hydrogens (tertiary/aromatic N) is 2. The second kappa shape index (κ2) is 4.61. The van der Waals surface area contributed by atoms with Crippen molar-refractivity contribution in [2.45, 2.75) is 19.9 Å². The molecule has 1 amide bonds. The molecule has 0 atom stereocenters. The van der Waals surface area contributed by atoms with Crippen LogP contribution in [0, 0.1) is 0 Å². The van der Waals surface area contributed by atoms with Crippen molar-refractivity contribution in [1.29, 1.82) is 0 Å². The molecule has 1 aromatic rings. The summed E-state index contributed by atoms with van der Waals surface area (Å²) in [6.45, 7) is 2.91. The summed E-state index contributed by atoms with van der Waals surface area (Å²) in [4.78, 5) is 10.7. The van der Waals surface area contributed by atoms with E-state index in [1.807, 2.05) is 0 Å². The normalized spacial score (nSPS) is 10.0. The van der Waals surface area contributed by atoms with E-state index in [0.29, 0.717) is 6.54 Å². The zero-order valence-electron chi connectivity index (χ0n) is 7.66. The van der Waals surface area contributed by atoms with Crippen LogP contribution in [0.3, 0.4) is 0 Å². The van der Waals surface area contributed by atoms with Gasteiger partial charge in [-0.1, -0.05) is 0 Å². The number of nitrogens with two attached hydrogens (primary N) is 1. The first-order valence-electron chi connectivity index (χ1n) is 4.22. The summed E-state index contributed by atoms with van der Waals surface area (Å²) in [5.74, 6) is -0.0848. The van der Waals surface area contributed by atoms with Gasteiger partial charge in [0.1, 0.15) is 0 Å². The van der Waals surface area contributed by atoms with E-state index in [1.165, 1.54) is 6.92 Å². The molecular formula is C8H14N4O. The molecule has 1 heterocycles. The first-order valence-corrected chi connectivity index (χ1v) is 4.22. The fraction of sp³-hybridized carbons (Fsp3) is 0.500. The van der Waals surface area contributed by atoms with Crippen LogP contribution in [0.15, 0.2) is 12.4 Å². The molecule has 0 saturated carbocycles. The summed E-state index contributed by atoms with van der Waals surface area (Å²) in [5, 5.41) is 6.70. The van der Waals surface area contributed by atoms with Crippen molar-refractivity contribution in [2.75, 3.05) is 11.9 Å². The van der Waals surface area contributed by atoms with Gasteiger partial charge in [-0.3, -0.25) is 9.48 Å². The Morgan fingerprint density at radius 3 is 3.15 bits per heavy atom. The first-order chi connectivity index (χ1) is 6.22. The highest BCUT2D eigenvalue weighted by Crippen LogP contribution is 2.04. The highest BCUT2D eigenvalue weighted by molar-refractivity contribution is 5.88. The Morgan fingerprint density at radius 2 is 2.54 bits per heavy atom. The van der Waals surface area contributed by atoms with Crippen LogP contribution in [0.4, 0.5) is 5.69 Å². The topological polar surface area (TPSA) is 72.9 Å². The van der Waals surface area contributed by atoms with Crippen LogP contribution < -0.4 is 11.1 Å². The van der Waals surface area contributed by atoms with E-state index in [4.69, 9.17) is 5.73 Å². The Morgan fingerprint density at radius 1 is 1.77 bits per heavy atom. The Kier molecular flexibility index (Phi) is 3.45. The molecule has 1 rings (SSSR count). The molecule has 0 aliphatic heterocycles. The van der Waals surface area contributed by atoms with Crippen molar-refractivity contribution >= 4 is 11.6 Å². The van der Waals surface area contributed by atoms with Crippen LogP contribution in [-0.2, 0) is 11.3 Å². The largest absolute Gasteiger partial charge is 0.330 e. The Labute approximate surface area is 76.9 Å². The van der Waals surface area contributed by atoms with Gasteiger partial charge in [0.05, 0.1) is 11.9 Å². The maximum Gasteiger partial charge on any atom is 0.221 e. The number of amides is 1. The number of carbonyl (C=O) groups is 1. The molecule has 0 saturated heterocycles. The minimum Gasteiger partial charge on any atom is -0.330 e. The highest BCUT2D eigenvalue weighted by Gasteiger charge is 1.98. The lowest BCUT2D eigenvalue weighted by atomic mass is 10.4. The Hall–Kier alpha value is -1.36. The third-order valence-corrected chi connectivity index (χ3v) is 1.54. The van der Waals surface area contributed by atoms with E-state index in [2.05, 4.69) is 10.4 Å². The molecule has 5 heteroatoms. The third-order valence-electron chi connectivity index (χ3n) is 1.54. The summed E-state index contributed by atoms with van der Waals surface area (Å²) < 4.78 is 1.76. The molecule has 0 unspecified atom stereocenters. The molecule has 72 valence electrons. The molecule has 0 spiro atoms.